The SMILES string of the molecule is Cc1c2c(cc[n+]1CCc1ccccc1)c1ccc(OCC3CCCCC3)cc1n2CC1CCCCC1.[Br-]. The van der Waals surface area contributed by atoms with Gasteiger partial charge in [-0.05, 0) is 55.2 Å². The second-order valence-corrected chi connectivity index (χ2v) is 11.7. The van der Waals surface area contributed by atoms with Crippen LogP contribution in [0.2, 0.25) is 0 Å². The van der Waals surface area contributed by atoms with Gasteiger partial charge in [0.25, 0.3) is 0 Å². The molecule has 202 valence electrons. The maximum atomic E-state index is 6.42. The minimum Gasteiger partial charge on any atom is -1.00 e. The number of hydrogen-bond acceptors (Lipinski definition) is 1. The summed E-state index contributed by atoms with van der Waals surface area (Å²) in [6.07, 6.45) is 17.0. The number of hydrogen-bond donors (Lipinski definition) is 0. The smallest absolute Gasteiger partial charge is 0.202 e. The molecule has 2 aliphatic carbocycles. The summed E-state index contributed by atoms with van der Waals surface area (Å²) < 4.78 is 11.5. The molecule has 2 heterocycles. The average molecular weight is 576 g/mol. The predicted octanol–water partition coefficient (Wildman–Crippen LogP) is 5.18. The van der Waals surface area contributed by atoms with Gasteiger partial charge in [-0.2, -0.15) is 0 Å². The molecule has 2 fully saturated rings. The Labute approximate surface area is 239 Å². The van der Waals surface area contributed by atoms with E-state index in [0.29, 0.717) is 0 Å². The molecule has 0 amide bonds. The summed E-state index contributed by atoms with van der Waals surface area (Å²) in [6.45, 7) is 5.32. The van der Waals surface area contributed by atoms with E-state index in [-0.39, 0.29) is 17.0 Å². The zero-order chi connectivity index (χ0) is 25.0. The zero-order valence-corrected chi connectivity index (χ0v) is 24.6. The Morgan fingerprint density at radius 1 is 0.816 bits per heavy atom. The third-order valence-electron chi connectivity index (χ3n) is 9.13. The van der Waals surface area contributed by atoms with Crippen LogP contribution in [0.4, 0.5) is 0 Å². The third-order valence-corrected chi connectivity index (χ3v) is 9.13. The van der Waals surface area contributed by atoms with Crippen LogP contribution in [-0.2, 0) is 19.5 Å². The summed E-state index contributed by atoms with van der Waals surface area (Å²) >= 11 is 0. The number of benzene rings is 2. The molecule has 2 aromatic heterocycles. The molecule has 0 N–H and O–H groups in total. The van der Waals surface area contributed by atoms with Crippen molar-refractivity contribution in [3.05, 3.63) is 72.1 Å². The first-order valence-corrected chi connectivity index (χ1v) is 14.9. The van der Waals surface area contributed by atoms with Crippen LogP contribution in [0.15, 0.2) is 60.8 Å². The summed E-state index contributed by atoms with van der Waals surface area (Å²) in [6, 6.07) is 20.1. The van der Waals surface area contributed by atoms with Gasteiger partial charge in [0.1, 0.15) is 11.3 Å². The molecule has 38 heavy (non-hydrogen) atoms. The van der Waals surface area contributed by atoms with E-state index in [1.165, 1.54) is 97.3 Å². The second-order valence-electron chi connectivity index (χ2n) is 11.7. The number of halogens is 1. The molecule has 4 heteroatoms. The average Bonchev–Trinajstić information content (AvgIpc) is 3.26. The Kier molecular flexibility index (Phi) is 9.09. The van der Waals surface area contributed by atoms with Crippen LogP contribution >= 0.6 is 0 Å². The van der Waals surface area contributed by atoms with Crippen LogP contribution in [0.5, 0.6) is 5.75 Å². The number of pyridine rings is 1. The van der Waals surface area contributed by atoms with Gasteiger partial charge in [0.15, 0.2) is 12.7 Å². The van der Waals surface area contributed by atoms with E-state index in [4.69, 9.17) is 4.74 Å². The third kappa shape index (κ3) is 5.96. The second kappa shape index (κ2) is 12.7. The fraction of sp³-hybridized carbons (Fsp3) is 0.500. The Hall–Kier alpha value is -2.33. The molecule has 0 radical (unpaired) electrons. The van der Waals surface area contributed by atoms with Crippen LogP contribution in [-0.4, -0.2) is 11.2 Å². The molecule has 0 spiro atoms. The van der Waals surface area contributed by atoms with Crippen molar-refractivity contribution in [2.24, 2.45) is 11.8 Å². The van der Waals surface area contributed by atoms with E-state index >= 15 is 0 Å². The van der Waals surface area contributed by atoms with Crippen molar-refractivity contribution in [1.29, 1.82) is 0 Å². The first kappa shape index (κ1) is 27.2. The van der Waals surface area contributed by atoms with E-state index in [2.05, 4.69) is 76.9 Å². The van der Waals surface area contributed by atoms with Gasteiger partial charge in [-0.3, -0.25) is 0 Å². The van der Waals surface area contributed by atoms with Gasteiger partial charge >= 0.3 is 0 Å². The van der Waals surface area contributed by atoms with E-state index in [9.17, 15) is 0 Å². The first-order chi connectivity index (χ1) is 18.3. The standard InChI is InChI=1S/C34H43N2O.BrH/c1-26-34-32(20-22-35(26)21-19-27-11-5-2-6-12-27)31-18-17-30(37-25-29-15-9-4-10-16-29)23-33(31)36(34)24-28-13-7-3-8-14-28;/h2,5-6,11-12,17-18,20,22-23,28-29H,3-4,7-10,13-16,19,21,24-25H2,1H3;1H/q+1;/p-1. The molecule has 0 atom stereocenters. The van der Waals surface area contributed by atoms with E-state index in [1.807, 2.05) is 0 Å². The Balaban J connectivity index is 0.00000294. The largest absolute Gasteiger partial charge is 1.00 e. The highest BCUT2D eigenvalue weighted by molar-refractivity contribution is 6.08. The maximum Gasteiger partial charge on any atom is 0.202 e. The molecule has 6 rings (SSSR count). The number of fused-ring (bicyclic) bond motifs is 3. The highest BCUT2D eigenvalue weighted by Crippen LogP contribution is 2.35. The molecule has 3 nitrogen and oxygen atoms in total. The van der Waals surface area contributed by atoms with E-state index in [1.54, 1.807) is 0 Å². The molecule has 2 saturated carbocycles. The first-order valence-electron chi connectivity index (χ1n) is 14.9. The molecular formula is C34H43BrN2O. The lowest BCUT2D eigenvalue weighted by Gasteiger charge is -2.23. The van der Waals surface area contributed by atoms with Crippen molar-refractivity contribution in [3.8, 4) is 5.75 Å². The summed E-state index contributed by atoms with van der Waals surface area (Å²) in [5, 5.41) is 2.76. The maximum absolute atomic E-state index is 6.42. The molecule has 0 unspecified atom stereocenters. The number of rotatable bonds is 8. The summed E-state index contributed by atoms with van der Waals surface area (Å²) in [5.41, 5.74) is 5.55. The number of aryl methyl sites for hydroxylation is 3. The van der Waals surface area contributed by atoms with Gasteiger partial charge in [-0.1, -0.05) is 68.9 Å². The quantitative estimate of drug-likeness (QED) is 0.265. The van der Waals surface area contributed by atoms with Crippen molar-refractivity contribution < 1.29 is 26.3 Å². The lowest BCUT2D eigenvalue weighted by atomic mass is 9.89. The Bertz CT molecular complexity index is 1330. The van der Waals surface area contributed by atoms with Gasteiger partial charge in [0, 0.05) is 42.8 Å². The van der Waals surface area contributed by atoms with Gasteiger partial charge in [-0.25, -0.2) is 4.57 Å². The zero-order valence-electron chi connectivity index (χ0n) is 23.0. The van der Waals surface area contributed by atoms with Crippen molar-refractivity contribution >= 4 is 21.8 Å². The highest BCUT2D eigenvalue weighted by atomic mass is 79.9. The summed E-state index contributed by atoms with van der Waals surface area (Å²) in [5.74, 6) is 2.54. The minimum atomic E-state index is 0. The van der Waals surface area contributed by atoms with Crippen molar-refractivity contribution in [2.45, 2.75) is 90.6 Å². The lowest BCUT2D eigenvalue weighted by molar-refractivity contribution is -0.701. The van der Waals surface area contributed by atoms with Crippen LogP contribution in [0, 0.1) is 18.8 Å². The summed E-state index contributed by atoms with van der Waals surface area (Å²) in [4.78, 5) is 0. The molecule has 2 aromatic carbocycles. The normalized spacial score (nSPS) is 17.1. The van der Waals surface area contributed by atoms with Gasteiger partial charge < -0.3 is 26.3 Å². The number of ether oxygens (including phenoxy) is 1. The Morgan fingerprint density at radius 2 is 1.53 bits per heavy atom. The van der Waals surface area contributed by atoms with E-state index < -0.39 is 0 Å². The molecule has 0 saturated heterocycles. The van der Waals surface area contributed by atoms with Crippen molar-refractivity contribution in [2.75, 3.05) is 6.61 Å². The molecule has 0 aliphatic heterocycles. The molecule has 4 aromatic rings. The fourth-order valence-corrected chi connectivity index (χ4v) is 6.94. The monoisotopic (exact) mass is 574 g/mol. The van der Waals surface area contributed by atoms with E-state index in [0.717, 1.165) is 43.7 Å². The van der Waals surface area contributed by atoms with Crippen LogP contribution < -0.4 is 26.3 Å². The van der Waals surface area contributed by atoms with Crippen LogP contribution in [0.25, 0.3) is 21.8 Å². The van der Waals surface area contributed by atoms with Crippen LogP contribution in [0.3, 0.4) is 0 Å². The minimum absolute atomic E-state index is 0. The van der Waals surface area contributed by atoms with Gasteiger partial charge in [-0.15, -0.1) is 0 Å². The van der Waals surface area contributed by atoms with Gasteiger partial charge in [0.05, 0.1) is 12.1 Å². The van der Waals surface area contributed by atoms with Crippen LogP contribution in [0.1, 0.15) is 75.5 Å². The Morgan fingerprint density at radius 3 is 2.26 bits per heavy atom. The predicted molar refractivity (Wildman–Crippen MR) is 153 cm³/mol. The van der Waals surface area contributed by atoms with Gasteiger partial charge in [0.2, 0.25) is 5.69 Å². The lowest BCUT2D eigenvalue weighted by Crippen LogP contribution is -3.00. The fourth-order valence-electron chi connectivity index (χ4n) is 6.94. The van der Waals surface area contributed by atoms with Crippen molar-refractivity contribution in [3.63, 3.8) is 0 Å². The highest BCUT2D eigenvalue weighted by Gasteiger charge is 2.23. The van der Waals surface area contributed by atoms with Crippen molar-refractivity contribution in [1.82, 2.24) is 4.57 Å². The summed E-state index contributed by atoms with van der Waals surface area (Å²) in [7, 11) is 0. The topological polar surface area (TPSA) is 18.0 Å². The molecular weight excluding hydrogens is 532 g/mol. The molecule has 0 bridgehead atoms. The number of nitrogens with zero attached hydrogens (tertiary/aromatic N) is 2. The number of aromatic nitrogens is 2. The molecule has 2 aliphatic rings.